The number of hydrogen-bond donors (Lipinski definition) is 0. The van der Waals surface area contributed by atoms with Crippen LogP contribution in [0.5, 0.6) is 0 Å². The van der Waals surface area contributed by atoms with Crippen LogP contribution in [0.25, 0.3) is 22.4 Å². The fraction of sp³-hybridized carbons (Fsp3) is 0.280. The van der Waals surface area contributed by atoms with Gasteiger partial charge in [0.25, 0.3) is 11.3 Å². The van der Waals surface area contributed by atoms with Crippen molar-refractivity contribution in [3.05, 3.63) is 82.7 Å². The van der Waals surface area contributed by atoms with E-state index in [2.05, 4.69) is 22.3 Å². The van der Waals surface area contributed by atoms with E-state index in [0.29, 0.717) is 24.6 Å². The second-order valence-corrected chi connectivity index (χ2v) is 8.41. The molecule has 4 aromatic rings. The molecule has 0 spiro atoms. The summed E-state index contributed by atoms with van der Waals surface area (Å²) in [6, 6.07) is 16.0. The second-order valence-electron chi connectivity index (χ2n) is 8.41. The van der Waals surface area contributed by atoms with Gasteiger partial charge in [-0.25, -0.2) is 9.37 Å². The Balaban J connectivity index is 1.29. The standard InChI is InChI=1S/C25H23FN4O3/c26-20-8-6-19(7-9-20)23-22-24(33-28-23)27-16-30(25(22)32)15-21(31)29-12-10-18(11-13-29)14-17-4-2-1-3-5-17/h1-9,16,18H,10-15H2. The zero-order valence-electron chi connectivity index (χ0n) is 18.0. The molecular weight excluding hydrogens is 423 g/mol. The third-order valence-corrected chi connectivity index (χ3v) is 6.22. The predicted molar refractivity (Wildman–Crippen MR) is 121 cm³/mol. The summed E-state index contributed by atoms with van der Waals surface area (Å²) in [4.78, 5) is 32.0. The highest BCUT2D eigenvalue weighted by Crippen LogP contribution is 2.25. The van der Waals surface area contributed by atoms with Gasteiger partial charge in [0.1, 0.15) is 29.8 Å². The molecule has 3 heterocycles. The van der Waals surface area contributed by atoms with Gasteiger partial charge in [0.15, 0.2) is 0 Å². The first kappa shape index (κ1) is 21.1. The van der Waals surface area contributed by atoms with Gasteiger partial charge in [-0.3, -0.25) is 14.2 Å². The molecule has 2 aromatic heterocycles. The number of carbonyl (C=O) groups is 1. The monoisotopic (exact) mass is 446 g/mol. The van der Waals surface area contributed by atoms with Crippen molar-refractivity contribution in [1.82, 2.24) is 19.6 Å². The minimum absolute atomic E-state index is 0.0877. The number of piperidine rings is 1. The van der Waals surface area contributed by atoms with Gasteiger partial charge in [0, 0.05) is 18.7 Å². The average molecular weight is 446 g/mol. The highest BCUT2D eigenvalue weighted by molar-refractivity contribution is 5.88. The van der Waals surface area contributed by atoms with Crippen LogP contribution < -0.4 is 5.56 Å². The summed E-state index contributed by atoms with van der Waals surface area (Å²) in [6.45, 7) is 1.25. The zero-order chi connectivity index (χ0) is 22.8. The smallest absolute Gasteiger partial charge is 0.267 e. The van der Waals surface area contributed by atoms with E-state index in [1.165, 1.54) is 40.7 Å². The van der Waals surface area contributed by atoms with Crippen LogP contribution in [0.15, 0.2) is 70.2 Å². The summed E-state index contributed by atoms with van der Waals surface area (Å²) in [5.74, 6) is 0.0453. The number of hydrogen-bond acceptors (Lipinski definition) is 5. The molecule has 5 rings (SSSR count). The van der Waals surface area contributed by atoms with E-state index in [-0.39, 0.29) is 35.1 Å². The second kappa shape index (κ2) is 8.97. The third-order valence-electron chi connectivity index (χ3n) is 6.22. The number of rotatable bonds is 5. The van der Waals surface area contributed by atoms with E-state index in [0.717, 1.165) is 19.3 Å². The molecule has 1 aliphatic heterocycles. The highest BCUT2D eigenvalue weighted by atomic mass is 19.1. The van der Waals surface area contributed by atoms with Crippen molar-refractivity contribution in [2.45, 2.75) is 25.8 Å². The Hall–Kier alpha value is -3.81. The minimum Gasteiger partial charge on any atom is -0.341 e. The predicted octanol–water partition coefficient (Wildman–Crippen LogP) is 3.67. The van der Waals surface area contributed by atoms with E-state index in [1.54, 1.807) is 0 Å². The fourth-order valence-electron chi connectivity index (χ4n) is 4.38. The SMILES string of the molecule is O=C(Cn1cnc2onc(-c3ccc(F)cc3)c2c1=O)N1CCC(Cc2ccccc2)CC1. The van der Waals surface area contributed by atoms with Gasteiger partial charge in [-0.1, -0.05) is 35.5 Å². The Morgan fingerprint density at radius 1 is 1.06 bits per heavy atom. The third kappa shape index (κ3) is 4.41. The molecule has 0 bridgehead atoms. The number of benzene rings is 2. The van der Waals surface area contributed by atoms with Crippen LogP contribution in [-0.2, 0) is 17.8 Å². The molecule has 1 saturated heterocycles. The van der Waals surface area contributed by atoms with Gasteiger partial charge in [0.2, 0.25) is 5.91 Å². The van der Waals surface area contributed by atoms with Crippen LogP contribution in [0.2, 0.25) is 0 Å². The maximum absolute atomic E-state index is 13.3. The van der Waals surface area contributed by atoms with Gasteiger partial charge in [-0.05, 0) is 55.0 Å². The van der Waals surface area contributed by atoms with Crippen molar-refractivity contribution < 1.29 is 13.7 Å². The van der Waals surface area contributed by atoms with Gasteiger partial charge in [-0.2, -0.15) is 0 Å². The molecular formula is C25H23FN4O3. The molecule has 2 aromatic carbocycles. The number of fused-ring (bicyclic) bond motifs is 1. The largest absolute Gasteiger partial charge is 0.341 e. The van der Waals surface area contributed by atoms with Crippen LogP contribution in [0.1, 0.15) is 18.4 Å². The molecule has 7 nitrogen and oxygen atoms in total. The molecule has 0 radical (unpaired) electrons. The summed E-state index contributed by atoms with van der Waals surface area (Å²) in [5, 5.41) is 4.12. The highest BCUT2D eigenvalue weighted by Gasteiger charge is 2.24. The molecule has 0 unspecified atom stereocenters. The van der Waals surface area contributed by atoms with Crippen LogP contribution in [0.3, 0.4) is 0 Å². The Labute approximate surface area is 189 Å². The van der Waals surface area contributed by atoms with Crippen molar-refractivity contribution in [3.63, 3.8) is 0 Å². The number of nitrogens with zero attached hydrogens (tertiary/aromatic N) is 4. The van der Waals surface area contributed by atoms with E-state index in [4.69, 9.17) is 4.52 Å². The van der Waals surface area contributed by atoms with Crippen LogP contribution in [0.4, 0.5) is 4.39 Å². The van der Waals surface area contributed by atoms with Crippen molar-refractivity contribution in [3.8, 4) is 11.3 Å². The maximum Gasteiger partial charge on any atom is 0.267 e. The number of carbonyl (C=O) groups excluding carboxylic acids is 1. The Morgan fingerprint density at radius 3 is 2.52 bits per heavy atom. The van der Waals surface area contributed by atoms with E-state index >= 15 is 0 Å². The number of likely N-dealkylation sites (tertiary alicyclic amines) is 1. The molecule has 0 N–H and O–H groups in total. The van der Waals surface area contributed by atoms with Crippen molar-refractivity contribution in [1.29, 1.82) is 0 Å². The van der Waals surface area contributed by atoms with Crippen LogP contribution in [0, 0.1) is 11.7 Å². The normalized spacial score (nSPS) is 14.6. The Kier molecular flexibility index (Phi) is 5.73. The first-order valence-corrected chi connectivity index (χ1v) is 11.0. The van der Waals surface area contributed by atoms with Crippen molar-refractivity contribution in [2.75, 3.05) is 13.1 Å². The van der Waals surface area contributed by atoms with Gasteiger partial charge in [-0.15, -0.1) is 0 Å². The molecule has 1 amide bonds. The number of halogens is 1. The minimum atomic E-state index is -0.409. The lowest BCUT2D eigenvalue weighted by molar-refractivity contribution is -0.133. The summed E-state index contributed by atoms with van der Waals surface area (Å²) in [7, 11) is 0. The Bertz CT molecular complexity index is 1320. The van der Waals surface area contributed by atoms with Crippen LogP contribution in [-0.4, -0.2) is 38.6 Å². The summed E-state index contributed by atoms with van der Waals surface area (Å²) in [6.07, 6.45) is 4.20. The quantitative estimate of drug-likeness (QED) is 0.467. The molecule has 168 valence electrons. The summed E-state index contributed by atoms with van der Waals surface area (Å²) >= 11 is 0. The molecule has 8 heteroatoms. The van der Waals surface area contributed by atoms with Crippen molar-refractivity contribution >= 4 is 17.0 Å². The molecule has 0 saturated carbocycles. The summed E-state index contributed by atoms with van der Waals surface area (Å²) < 4.78 is 19.7. The number of aromatic nitrogens is 3. The van der Waals surface area contributed by atoms with E-state index in [1.807, 2.05) is 23.1 Å². The van der Waals surface area contributed by atoms with Crippen molar-refractivity contribution in [2.24, 2.45) is 5.92 Å². The van der Waals surface area contributed by atoms with Crippen LogP contribution >= 0.6 is 0 Å². The number of amides is 1. The molecule has 1 fully saturated rings. The molecule has 1 aliphatic rings. The lowest BCUT2D eigenvalue weighted by Gasteiger charge is -2.32. The maximum atomic E-state index is 13.3. The summed E-state index contributed by atoms with van der Waals surface area (Å²) in [5.41, 5.74) is 1.82. The molecule has 33 heavy (non-hydrogen) atoms. The van der Waals surface area contributed by atoms with Gasteiger partial charge in [0.05, 0.1) is 0 Å². The lowest BCUT2D eigenvalue weighted by atomic mass is 9.90. The van der Waals surface area contributed by atoms with E-state index < -0.39 is 5.56 Å². The fourth-order valence-corrected chi connectivity index (χ4v) is 4.38. The lowest BCUT2D eigenvalue weighted by Crippen LogP contribution is -2.41. The topological polar surface area (TPSA) is 81.2 Å². The zero-order valence-corrected chi connectivity index (χ0v) is 18.0. The Morgan fingerprint density at radius 2 is 1.79 bits per heavy atom. The first-order valence-electron chi connectivity index (χ1n) is 11.0. The molecule has 0 atom stereocenters. The first-order chi connectivity index (χ1) is 16.1. The van der Waals surface area contributed by atoms with Gasteiger partial charge >= 0.3 is 0 Å². The average Bonchev–Trinajstić information content (AvgIpc) is 3.27. The van der Waals surface area contributed by atoms with E-state index in [9.17, 15) is 14.0 Å². The molecule has 0 aliphatic carbocycles. The van der Waals surface area contributed by atoms with Gasteiger partial charge < -0.3 is 9.42 Å².